The monoisotopic (exact) mass is 535 g/mol. The van der Waals surface area contributed by atoms with E-state index >= 15 is 0 Å². The minimum Gasteiger partial charge on any atom is -0.347 e. The van der Waals surface area contributed by atoms with Crippen LogP contribution in [-0.2, 0) is 6.17 Å². The maximum atomic E-state index is 4.73. The van der Waals surface area contributed by atoms with Crippen molar-refractivity contribution in [1.29, 1.82) is 0 Å². The number of aromatic nitrogens is 2. The zero-order valence-corrected chi connectivity index (χ0v) is 24.6. The normalized spacial score (nSPS) is 12.9. The van der Waals surface area contributed by atoms with Gasteiger partial charge in [-0.2, -0.15) is 0 Å². The smallest absolute Gasteiger partial charge is 0.241 e. The second kappa shape index (κ2) is 14.3. The highest BCUT2D eigenvalue weighted by Gasteiger charge is 2.13. The summed E-state index contributed by atoms with van der Waals surface area (Å²) in [4.78, 5) is 4.73. The van der Waals surface area contributed by atoms with Crippen molar-refractivity contribution in [2.24, 2.45) is 0 Å². The first-order valence-electron chi connectivity index (χ1n) is 14.2. The molecule has 1 radical (unpaired) electrons. The minimum absolute atomic E-state index is 0.291. The van der Waals surface area contributed by atoms with E-state index in [0.29, 0.717) is 11.5 Å². The molecular weight excluding hydrogens is 499 g/mol. The molecule has 5 rings (SSSR count). The number of allylic oxidation sites excluding steroid dienone is 2. The van der Waals surface area contributed by atoms with Gasteiger partial charge in [0, 0.05) is 34.0 Å². The molecule has 0 aliphatic carbocycles. The third-order valence-electron chi connectivity index (χ3n) is 7.31. The Balaban J connectivity index is 1.23. The van der Waals surface area contributed by atoms with Gasteiger partial charge in [0.15, 0.2) is 0 Å². The van der Waals surface area contributed by atoms with Crippen LogP contribution in [0.4, 0.5) is 0 Å². The van der Waals surface area contributed by atoms with Gasteiger partial charge in [0.2, 0.25) is 7.28 Å². The van der Waals surface area contributed by atoms with Crippen LogP contribution in [0.5, 0.6) is 0 Å². The Morgan fingerprint density at radius 2 is 1.38 bits per heavy atom. The van der Waals surface area contributed by atoms with Gasteiger partial charge >= 0.3 is 0 Å². The topological polar surface area (TPSA) is 17.8 Å². The third kappa shape index (κ3) is 7.71. The lowest BCUT2D eigenvalue weighted by Gasteiger charge is -2.15. The van der Waals surface area contributed by atoms with Crippen LogP contribution < -0.4 is 5.72 Å². The Morgan fingerprint density at radius 3 is 2.00 bits per heavy atom. The van der Waals surface area contributed by atoms with Crippen LogP contribution >= 0.6 is 0 Å². The number of nitrogens with zero attached hydrogens (tertiary/aromatic N) is 2. The summed E-state index contributed by atoms with van der Waals surface area (Å²) in [5, 5.41) is 0. The van der Waals surface area contributed by atoms with Crippen LogP contribution in [0.3, 0.4) is 0 Å². The Kier molecular flexibility index (Phi) is 9.80. The Hall–Kier alpha value is -4.15. The largest absolute Gasteiger partial charge is 0.347 e. The molecule has 0 fully saturated rings. The molecule has 1 unspecified atom stereocenters. The van der Waals surface area contributed by atoms with E-state index in [4.69, 9.17) is 4.98 Å². The Bertz CT molecular complexity index is 1460. The van der Waals surface area contributed by atoms with Crippen molar-refractivity contribution in [2.45, 2.75) is 31.0 Å². The summed E-state index contributed by atoms with van der Waals surface area (Å²) >= 11 is 0. The molecule has 0 spiro atoms. The standard InChI is InChI=1S/C36H36BN2Si/c1-29(15-14-24-34(31-18-8-3-9-19-31)32-20-10-4-11-21-32)40-28-39-26-25-38-36(39)37-35(33-22-12-5-13-23-33)27-30-16-6-2-7-17-30/h2-14,16-27,29,34H,15,28,40H2,1H3. The average molecular weight is 536 g/mol. The van der Waals surface area contributed by atoms with Crippen molar-refractivity contribution in [1.82, 2.24) is 9.55 Å². The minimum atomic E-state index is -0.347. The number of imidazole rings is 1. The van der Waals surface area contributed by atoms with E-state index in [1.165, 1.54) is 27.7 Å². The fourth-order valence-corrected chi connectivity index (χ4v) is 6.54. The van der Waals surface area contributed by atoms with Gasteiger partial charge in [0.1, 0.15) is 0 Å². The number of hydrogen-bond acceptors (Lipinski definition) is 1. The molecule has 40 heavy (non-hydrogen) atoms. The van der Waals surface area contributed by atoms with E-state index in [9.17, 15) is 0 Å². The molecule has 0 aliphatic heterocycles. The first-order chi connectivity index (χ1) is 19.8. The molecule has 0 amide bonds. The van der Waals surface area contributed by atoms with E-state index < -0.39 is 0 Å². The van der Waals surface area contributed by atoms with E-state index in [0.717, 1.165) is 18.3 Å². The molecule has 1 aromatic heterocycles. The van der Waals surface area contributed by atoms with Crippen molar-refractivity contribution in [2.75, 3.05) is 0 Å². The maximum absolute atomic E-state index is 4.73. The van der Waals surface area contributed by atoms with Crippen molar-refractivity contribution < 1.29 is 0 Å². The molecule has 0 aliphatic rings. The molecule has 1 atom stereocenters. The zero-order chi connectivity index (χ0) is 27.4. The summed E-state index contributed by atoms with van der Waals surface area (Å²) in [6.45, 7) is 2.40. The van der Waals surface area contributed by atoms with Crippen molar-refractivity contribution >= 4 is 34.1 Å². The Labute approximate surface area is 242 Å². The molecule has 0 saturated heterocycles. The van der Waals surface area contributed by atoms with Gasteiger partial charge in [-0.05, 0) is 34.2 Å². The molecule has 197 valence electrons. The van der Waals surface area contributed by atoms with Crippen LogP contribution in [0.2, 0.25) is 5.54 Å². The molecule has 4 heteroatoms. The predicted molar refractivity (Wildman–Crippen MR) is 175 cm³/mol. The zero-order valence-electron chi connectivity index (χ0n) is 23.2. The first kappa shape index (κ1) is 27.4. The number of rotatable bonds is 12. The summed E-state index contributed by atoms with van der Waals surface area (Å²) in [6, 6.07) is 42.7. The second-order valence-electron chi connectivity index (χ2n) is 10.4. The maximum Gasteiger partial charge on any atom is 0.241 e. The van der Waals surface area contributed by atoms with E-state index in [-0.39, 0.29) is 9.52 Å². The van der Waals surface area contributed by atoms with Crippen LogP contribution in [0, 0.1) is 0 Å². The summed E-state index contributed by atoms with van der Waals surface area (Å²) in [5.74, 6) is 0.291. The first-order valence-corrected chi connectivity index (χ1v) is 16.0. The quantitative estimate of drug-likeness (QED) is 0.0945. The molecule has 0 saturated carbocycles. The molecule has 2 nitrogen and oxygen atoms in total. The van der Waals surface area contributed by atoms with Crippen molar-refractivity contribution in [3.05, 3.63) is 168 Å². The van der Waals surface area contributed by atoms with Gasteiger partial charge in [-0.25, -0.2) is 0 Å². The highest BCUT2D eigenvalue weighted by Crippen LogP contribution is 2.26. The fourth-order valence-electron chi connectivity index (χ4n) is 5.02. The second-order valence-corrected chi connectivity index (χ2v) is 12.8. The summed E-state index contributed by atoms with van der Waals surface area (Å²) in [6.07, 6.45) is 13.3. The number of hydrogen-bond donors (Lipinski definition) is 0. The van der Waals surface area contributed by atoms with E-state index in [2.05, 4.69) is 165 Å². The molecule has 0 N–H and O–H groups in total. The van der Waals surface area contributed by atoms with Crippen LogP contribution in [0.15, 0.2) is 146 Å². The van der Waals surface area contributed by atoms with Gasteiger partial charge in [0.25, 0.3) is 0 Å². The lowest BCUT2D eigenvalue weighted by atomic mass is 9.65. The van der Waals surface area contributed by atoms with Gasteiger partial charge in [-0.15, -0.1) is 0 Å². The fraction of sp³-hybridized carbons (Fsp3) is 0.139. The summed E-state index contributed by atoms with van der Waals surface area (Å²) in [7, 11) is 1.88. The number of benzene rings is 4. The van der Waals surface area contributed by atoms with E-state index in [1.54, 1.807) is 0 Å². The van der Waals surface area contributed by atoms with Crippen molar-refractivity contribution in [3.8, 4) is 0 Å². The van der Waals surface area contributed by atoms with Gasteiger partial charge < -0.3 is 4.57 Å². The predicted octanol–water partition coefficient (Wildman–Crippen LogP) is 7.12. The SMILES string of the molecule is CC(CC=CC(c1ccccc1)c1ccccc1)[SiH2]Cn1ccnc1[B]C(=Cc1ccccc1)c1ccccc1. The van der Waals surface area contributed by atoms with Gasteiger partial charge in [-0.3, -0.25) is 4.98 Å². The molecule has 1 heterocycles. The molecule has 0 bridgehead atoms. The van der Waals surface area contributed by atoms with Crippen molar-refractivity contribution in [3.63, 3.8) is 0 Å². The van der Waals surface area contributed by atoms with Crippen LogP contribution in [-0.4, -0.2) is 26.4 Å². The van der Waals surface area contributed by atoms with Crippen LogP contribution in [0.1, 0.15) is 41.5 Å². The molecule has 4 aromatic carbocycles. The third-order valence-corrected chi connectivity index (χ3v) is 9.37. The molecule has 5 aromatic rings. The summed E-state index contributed by atoms with van der Waals surface area (Å²) in [5.41, 5.74) is 7.96. The van der Waals surface area contributed by atoms with Crippen LogP contribution in [0.25, 0.3) is 11.5 Å². The van der Waals surface area contributed by atoms with Gasteiger partial charge in [0.05, 0.1) is 5.72 Å². The van der Waals surface area contributed by atoms with E-state index in [1.807, 2.05) is 6.20 Å². The Morgan fingerprint density at radius 1 is 0.800 bits per heavy atom. The summed E-state index contributed by atoms with van der Waals surface area (Å²) < 4.78 is 2.34. The highest BCUT2D eigenvalue weighted by atomic mass is 28.2. The lowest BCUT2D eigenvalue weighted by molar-refractivity contribution is 0.851. The highest BCUT2D eigenvalue weighted by molar-refractivity contribution is 6.73. The van der Waals surface area contributed by atoms with Gasteiger partial charge in [-0.1, -0.05) is 152 Å². The lowest BCUT2D eigenvalue weighted by Crippen LogP contribution is -2.29. The average Bonchev–Trinajstić information content (AvgIpc) is 3.46. The molecular formula is C36H36BN2Si.